The molecule has 0 bridgehead atoms. The van der Waals surface area contributed by atoms with Crippen molar-refractivity contribution in [3.63, 3.8) is 0 Å². The van der Waals surface area contributed by atoms with Gasteiger partial charge in [0, 0.05) is 24.7 Å². The number of benzene rings is 2. The highest BCUT2D eigenvalue weighted by atomic mass is 16.5. The molecular weight excluding hydrogens is 470 g/mol. The summed E-state index contributed by atoms with van der Waals surface area (Å²) in [6, 6.07) is 17.4. The van der Waals surface area contributed by atoms with Crippen molar-refractivity contribution in [2.24, 2.45) is 5.92 Å². The Kier molecular flexibility index (Phi) is 7.44. The molecule has 3 aromatic rings. The molecule has 2 atom stereocenters. The average molecular weight is 504 g/mol. The predicted octanol–water partition coefficient (Wildman–Crippen LogP) is 4.74. The topological polar surface area (TPSA) is 93.9 Å². The molecule has 194 valence electrons. The first-order valence-corrected chi connectivity index (χ1v) is 12.9. The van der Waals surface area contributed by atoms with E-state index in [-0.39, 0.29) is 36.0 Å². The number of carbonyl (C=O) groups is 2. The monoisotopic (exact) mass is 503 g/mol. The van der Waals surface area contributed by atoms with Gasteiger partial charge in [-0.3, -0.25) is 9.59 Å². The van der Waals surface area contributed by atoms with Gasteiger partial charge in [0.05, 0.1) is 31.3 Å². The Morgan fingerprint density at radius 3 is 2.51 bits per heavy atom. The smallest absolute Gasteiger partial charge is 0.290 e. The maximum atomic E-state index is 12.5. The second-order valence-electron chi connectivity index (χ2n) is 10.0. The second-order valence-corrected chi connectivity index (χ2v) is 10.0. The van der Waals surface area contributed by atoms with Crippen LogP contribution >= 0.6 is 0 Å². The molecule has 1 aromatic heterocycles. The first-order valence-electron chi connectivity index (χ1n) is 12.9. The Bertz CT molecular complexity index is 1220. The number of hydrogen-bond donors (Lipinski definition) is 1. The van der Waals surface area contributed by atoms with Crippen molar-refractivity contribution >= 4 is 17.4 Å². The standard InChI is InChI=1S/C29H33N3O5/c1-19(33)15-23-16-28(37-31-23)29(34)30-20(2)22-5-9-26(10-6-22)36-27-13-14-32(17-27)24-7-11-25(12-8-24)35-18-21-3-4-21/h5-12,16,20-21,27H,3-4,13-15,17-18H2,1-2H3,(H,30,34)/t20-,27?/m0/s1. The fourth-order valence-electron chi connectivity index (χ4n) is 4.45. The summed E-state index contributed by atoms with van der Waals surface area (Å²) in [6.07, 6.45) is 3.80. The maximum absolute atomic E-state index is 12.5. The summed E-state index contributed by atoms with van der Waals surface area (Å²) in [7, 11) is 0. The van der Waals surface area contributed by atoms with Crippen LogP contribution in [-0.4, -0.2) is 42.6 Å². The number of rotatable bonds is 11. The largest absolute Gasteiger partial charge is 0.493 e. The number of ketones is 1. The van der Waals surface area contributed by atoms with Gasteiger partial charge in [-0.25, -0.2) is 0 Å². The molecule has 2 heterocycles. The molecule has 8 heteroatoms. The van der Waals surface area contributed by atoms with Crippen LogP contribution in [0, 0.1) is 5.92 Å². The Labute approximate surface area is 216 Å². The van der Waals surface area contributed by atoms with E-state index in [1.807, 2.05) is 31.2 Å². The third kappa shape index (κ3) is 6.70. The van der Waals surface area contributed by atoms with Gasteiger partial charge in [0.2, 0.25) is 5.76 Å². The summed E-state index contributed by atoms with van der Waals surface area (Å²) in [5.74, 6) is 2.18. The molecule has 1 aliphatic heterocycles. The van der Waals surface area contributed by atoms with E-state index in [4.69, 9.17) is 14.0 Å². The number of amides is 1. The molecule has 2 fully saturated rings. The number of nitrogens with zero attached hydrogens (tertiary/aromatic N) is 2. The molecular formula is C29H33N3O5. The third-order valence-electron chi connectivity index (χ3n) is 6.77. The first kappa shape index (κ1) is 24.9. The molecule has 37 heavy (non-hydrogen) atoms. The molecule has 1 aliphatic carbocycles. The fraction of sp³-hybridized carbons (Fsp3) is 0.414. The second kappa shape index (κ2) is 11.1. The minimum absolute atomic E-state index is 0.0376. The lowest BCUT2D eigenvalue weighted by Gasteiger charge is -2.20. The van der Waals surface area contributed by atoms with Gasteiger partial charge in [-0.05, 0) is 74.6 Å². The lowest BCUT2D eigenvalue weighted by Crippen LogP contribution is -2.26. The molecule has 8 nitrogen and oxygen atoms in total. The molecule has 2 aromatic carbocycles. The van der Waals surface area contributed by atoms with Crippen molar-refractivity contribution in [3.05, 3.63) is 71.6 Å². The summed E-state index contributed by atoms with van der Waals surface area (Å²) in [6.45, 7) is 5.98. The first-order chi connectivity index (χ1) is 17.9. The van der Waals surface area contributed by atoms with Crippen LogP contribution in [0.4, 0.5) is 5.69 Å². The summed E-state index contributed by atoms with van der Waals surface area (Å²) < 4.78 is 17.2. The van der Waals surface area contributed by atoms with Gasteiger partial charge >= 0.3 is 0 Å². The number of nitrogens with one attached hydrogen (secondary N) is 1. The van der Waals surface area contributed by atoms with Gasteiger partial charge in [0.15, 0.2) is 0 Å². The van der Waals surface area contributed by atoms with Gasteiger partial charge < -0.3 is 24.2 Å². The molecule has 1 amide bonds. The van der Waals surface area contributed by atoms with Crippen LogP contribution in [0.25, 0.3) is 0 Å². The molecule has 0 spiro atoms. The minimum atomic E-state index is -0.372. The van der Waals surface area contributed by atoms with Crippen LogP contribution < -0.4 is 19.7 Å². The SMILES string of the molecule is CC(=O)Cc1cc(C(=O)N[C@@H](C)c2ccc(OC3CCN(c4ccc(OCC5CC5)cc4)C3)cc2)on1. The van der Waals surface area contributed by atoms with Crippen molar-refractivity contribution in [3.8, 4) is 11.5 Å². The predicted molar refractivity (Wildman–Crippen MR) is 139 cm³/mol. The number of ether oxygens (including phenoxy) is 2. The van der Waals surface area contributed by atoms with E-state index in [0.29, 0.717) is 5.69 Å². The van der Waals surface area contributed by atoms with Gasteiger partial charge in [0.1, 0.15) is 23.4 Å². The molecule has 1 unspecified atom stereocenters. The van der Waals surface area contributed by atoms with Crippen molar-refractivity contribution < 1.29 is 23.6 Å². The van der Waals surface area contributed by atoms with Crippen LogP contribution in [0.5, 0.6) is 11.5 Å². The van der Waals surface area contributed by atoms with Crippen LogP contribution in [0.15, 0.2) is 59.1 Å². The lowest BCUT2D eigenvalue weighted by molar-refractivity contribution is -0.116. The lowest BCUT2D eigenvalue weighted by atomic mass is 10.1. The Balaban J connectivity index is 1.09. The normalized spacial score (nSPS) is 17.9. The van der Waals surface area contributed by atoms with E-state index in [1.165, 1.54) is 31.5 Å². The van der Waals surface area contributed by atoms with Crippen LogP contribution in [0.1, 0.15) is 61.0 Å². The molecule has 0 radical (unpaired) electrons. The molecule has 1 saturated carbocycles. The van der Waals surface area contributed by atoms with Crippen molar-refractivity contribution in [2.45, 2.75) is 51.7 Å². The average Bonchev–Trinajstić information content (AvgIpc) is 3.41. The zero-order chi connectivity index (χ0) is 25.8. The Morgan fingerprint density at radius 2 is 1.81 bits per heavy atom. The van der Waals surface area contributed by atoms with Gasteiger partial charge in [-0.15, -0.1) is 0 Å². The van der Waals surface area contributed by atoms with Crippen LogP contribution in [0.3, 0.4) is 0 Å². The fourth-order valence-corrected chi connectivity index (χ4v) is 4.45. The summed E-state index contributed by atoms with van der Waals surface area (Å²) in [5, 5.41) is 6.68. The third-order valence-corrected chi connectivity index (χ3v) is 6.77. The van der Waals surface area contributed by atoms with Crippen molar-refractivity contribution in [2.75, 3.05) is 24.6 Å². The number of aromatic nitrogens is 1. The van der Waals surface area contributed by atoms with E-state index in [0.717, 1.165) is 49.1 Å². The highest BCUT2D eigenvalue weighted by molar-refractivity contribution is 5.92. The number of carbonyl (C=O) groups excluding carboxylic acids is 2. The van der Waals surface area contributed by atoms with Gasteiger partial charge in [-0.1, -0.05) is 17.3 Å². The quantitative estimate of drug-likeness (QED) is 0.404. The Hall–Kier alpha value is -3.81. The molecule has 2 aliphatic rings. The van der Waals surface area contributed by atoms with Gasteiger partial charge in [0.25, 0.3) is 5.91 Å². The highest BCUT2D eigenvalue weighted by Crippen LogP contribution is 2.30. The van der Waals surface area contributed by atoms with E-state index >= 15 is 0 Å². The molecule has 5 rings (SSSR count). The van der Waals surface area contributed by atoms with Crippen molar-refractivity contribution in [1.82, 2.24) is 10.5 Å². The zero-order valence-electron chi connectivity index (χ0n) is 21.3. The number of hydrogen-bond acceptors (Lipinski definition) is 7. The number of anilines is 1. The molecule has 1 saturated heterocycles. The Morgan fingerprint density at radius 1 is 1.08 bits per heavy atom. The van der Waals surface area contributed by atoms with E-state index in [2.05, 4.69) is 39.6 Å². The van der Waals surface area contributed by atoms with Crippen molar-refractivity contribution in [1.29, 1.82) is 0 Å². The maximum Gasteiger partial charge on any atom is 0.290 e. The van der Waals surface area contributed by atoms with Crippen LogP contribution in [0.2, 0.25) is 0 Å². The number of Topliss-reactive ketones (excluding diaryl/α,β-unsaturated/α-hetero) is 1. The minimum Gasteiger partial charge on any atom is -0.493 e. The van der Waals surface area contributed by atoms with E-state index in [1.54, 1.807) is 0 Å². The highest BCUT2D eigenvalue weighted by Gasteiger charge is 2.25. The summed E-state index contributed by atoms with van der Waals surface area (Å²) >= 11 is 0. The molecule has 1 N–H and O–H groups in total. The van der Waals surface area contributed by atoms with E-state index in [9.17, 15) is 9.59 Å². The van der Waals surface area contributed by atoms with Gasteiger partial charge in [-0.2, -0.15) is 0 Å². The summed E-state index contributed by atoms with van der Waals surface area (Å²) in [4.78, 5) is 26.1. The van der Waals surface area contributed by atoms with E-state index < -0.39 is 0 Å². The summed E-state index contributed by atoms with van der Waals surface area (Å²) in [5.41, 5.74) is 2.58. The zero-order valence-corrected chi connectivity index (χ0v) is 21.3. The van der Waals surface area contributed by atoms with Crippen LogP contribution in [-0.2, 0) is 11.2 Å².